The van der Waals surface area contributed by atoms with Gasteiger partial charge in [-0.25, -0.2) is 26.6 Å². The van der Waals surface area contributed by atoms with E-state index in [2.05, 4.69) is 17.0 Å². The predicted octanol–water partition coefficient (Wildman–Crippen LogP) is 5.90. The van der Waals surface area contributed by atoms with Crippen LogP contribution >= 0.6 is 7.92 Å². The molecule has 3 nitrogen and oxygen atoms in total. The summed E-state index contributed by atoms with van der Waals surface area (Å²) in [6.07, 6.45) is 1.44. The average Bonchev–Trinajstić information content (AvgIpc) is 3.36. The molecular weight excluding hydrogens is 480 g/mol. The highest BCUT2D eigenvalue weighted by Crippen LogP contribution is 2.38. The second kappa shape index (κ2) is 9.19. The Morgan fingerprint density at radius 3 is 2.09 bits per heavy atom. The van der Waals surface area contributed by atoms with E-state index in [4.69, 9.17) is 0 Å². The SMILES string of the molecule is CP(c1ccccc1)c1ccc2ccccc2c1-c1cnnn1Cc1c(F)c(F)c(F)c(F)c1F. The van der Waals surface area contributed by atoms with Crippen molar-refractivity contribution in [3.05, 3.63) is 108 Å². The summed E-state index contributed by atoms with van der Waals surface area (Å²) < 4.78 is 71.2. The Bertz CT molecular complexity index is 1520. The molecule has 0 spiro atoms. The number of nitrogens with zero attached hydrogens (tertiary/aromatic N) is 3. The molecule has 0 aliphatic carbocycles. The van der Waals surface area contributed by atoms with E-state index in [0.717, 1.165) is 31.6 Å². The lowest BCUT2D eigenvalue weighted by Crippen LogP contribution is -2.17. The molecule has 1 atom stereocenters. The number of benzene rings is 4. The minimum absolute atomic E-state index is 0.408. The molecular formula is C26H17F5N3P. The van der Waals surface area contributed by atoms with Gasteiger partial charge >= 0.3 is 0 Å². The standard InChI is InChI=1S/C26H17F5N3P/c1-35(16-8-3-2-4-9-16)20-12-11-15-7-5-6-10-17(15)21(20)19-13-32-33-34(19)14-18-22(27)24(29)26(31)25(30)23(18)28/h2-13H,14H2,1H3. The minimum Gasteiger partial charge on any atom is -0.240 e. The summed E-state index contributed by atoms with van der Waals surface area (Å²) >= 11 is 0. The second-order valence-corrected chi connectivity index (χ2v) is 10.0. The molecule has 4 aromatic carbocycles. The molecule has 5 aromatic rings. The van der Waals surface area contributed by atoms with E-state index in [1.165, 1.54) is 6.20 Å². The van der Waals surface area contributed by atoms with E-state index in [1.807, 2.05) is 66.7 Å². The maximum absolute atomic E-state index is 14.4. The second-order valence-electron chi connectivity index (χ2n) is 7.90. The van der Waals surface area contributed by atoms with Crippen LogP contribution in [0.25, 0.3) is 22.0 Å². The van der Waals surface area contributed by atoms with Crippen molar-refractivity contribution >= 4 is 29.3 Å². The van der Waals surface area contributed by atoms with E-state index >= 15 is 0 Å². The molecule has 0 bridgehead atoms. The molecule has 0 radical (unpaired) electrons. The predicted molar refractivity (Wildman–Crippen MR) is 127 cm³/mol. The largest absolute Gasteiger partial charge is 0.240 e. The summed E-state index contributed by atoms with van der Waals surface area (Å²) in [5, 5.41) is 11.7. The maximum Gasteiger partial charge on any atom is 0.200 e. The van der Waals surface area contributed by atoms with Crippen molar-refractivity contribution in [3.63, 3.8) is 0 Å². The van der Waals surface area contributed by atoms with Crippen LogP contribution in [0, 0.1) is 29.1 Å². The van der Waals surface area contributed by atoms with Gasteiger partial charge in [-0.05, 0) is 36.0 Å². The van der Waals surface area contributed by atoms with Crippen molar-refractivity contribution in [1.82, 2.24) is 15.0 Å². The van der Waals surface area contributed by atoms with Gasteiger partial charge in [-0.1, -0.05) is 71.9 Å². The molecule has 0 aliphatic rings. The van der Waals surface area contributed by atoms with Gasteiger partial charge in [0.2, 0.25) is 5.82 Å². The molecule has 0 N–H and O–H groups in total. The highest BCUT2D eigenvalue weighted by Gasteiger charge is 2.27. The van der Waals surface area contributed by atoms with Crippen LogP contribution in [-0.2, 0) is 6.54 Å². The van der Waals surface area contributed by atoms with E-state index in [-0.39, 0.29) is 0 Å². The number of halogens is 5. The quantitative estimate of drug-likeness (QED) is 0.131. The van der Waals surface area contributed by atoms with Crippen molar-refractivity contribution in [3.8, 4) is 11.3 Å². The highest BCUT2D eigenvalue weighted by molar-refractivity contribution is 7.72. The summed E-state index contributed by atoms with van der Waals surface area (Å²) in [6.45, 7) is 1.41. The number of hydrogen-bond acceptors (Lipinski definition) is 2. The zero-order chi connectivity index (χ0) is 24.7. The fourth-order valence-electron chi connectivity index (χ4n) is 4.11. The molecule has 35 heavy (non-hydrogen) atoms. The summed E-state index contributed by atoms with van der Waals surface area (Å²) in [5.74, 6) is -9.95. The van der Waals surface area contributed by atoms with Crippen molar-refractivity contribution in [2.24, 2.45) is 0 Å². The lowest BCUT2D eigenvalue weighted by molar-refractivity contribution is 0.366. The van der Waals surface area contributed by atoms with E-state index < -0.39 is 49.1 Å². The Hall–Kier alpha value is -3.64. The molecule has 1 aromatic heterocycles. The van der Waals surface area contributed by atoms with E-state index in [9.17, 15) is 22.0 Å². The third-order valence-electron chi connectivity index (χ3n) is 5.89. The zero-order valence-corrected chi connectivity index (χ0v) is 19.2. The summed E-state index contributed by atoms with van der Waals surface area (Å²) in [6, 6.07) is 21.5. The molecule has 1 heterocycles. The monoisotopic (exact) mass is 497 g/mol. The molecule has 0 amide bonds. The Kier molecular flexibility index (Phi) is 6.07. The molecule has 176 valence electrons. The van der Waals surface area contributed by atoms with Crippen LogP contribution < -0.4 is 10.6 Å². The lowest BCUT2D eigenvalue weighted by Gasteiger charge is -2.20. The van der Waals surface area contributed by atoms with Crippen molar-refractivity contribution in [2.45, 2.75) is 6.54 Å². The molecule has 5 rings (SSSR count). The Balaban J connectivity index is 1.71. The zero-order valence-electron chi connectivity index (χ0n) is 18.3. The van der Waals surface area contributed by atoms with Crippen LogP contribution in [0.4, 0.5) is 22.0 Å². The number of hydrogen-bond donors (Lipinski definition) is 0. The molecule has 0 fully saturated rings. The third-order valence-corrected chi connectivity index (χ3v) is 8.06. The molecule has 0 aliphatic heterocycles. The van der Waals surface area contributed by atoms with Crippen LogP contribution in [0.15, 0.2) is 72.9 Å². The topological polar surface area (TPSA) is 30.7 Å². The summed E-state index contributed by atoms with van der Waals surface area (Å²) in [7, 11) is -0.855. The van der Waals surface area contributed by atoms with E-state index in [0.29, 0.717) is 5.69 Å². The van der Waals surface area contributed by atoms with Crippen LogP contribution in [0.3, 0.4) is 0 Å². The van der Waals surface area contributed by atoms with Crippen molar-refractivity contribution in [2.75, 3.05) is 6.66 Å². The van der Waals surface area contributed by atoms with Gasteiger partial charge in [0.05, 0.1) is 24.0 Å². The number of aromatic nitrogens is 3. The van der Waals surface area contributed by atoms with Crippen LogP contribution in [0.2, 0.25) is 0 Å². The Morgan fingerprint density at radius 2 is 1.37 bits per heavy atom. The molecule has 9 heteroatoms. The van der Waals surface area contributed by atoms with Gasteiger partial charge < -0.3 is 0 Å². The first kappa shape index (κ1) is 23.1. The van der Waals surface area contributed by atoms with Crippen molar-refractivity contribution in [1.29, 1.82) is 0 Å². The van der Waals surface area contributed by atoms with Crippen LogP contribution in [-0.4, -0.2) is 21.7 Å². The third kappa shape index (κ3) is 3.98. The van der Waals surface area contributed by atoms with Gasteiger partial charge in [0.25, 0.3) is 0 Å². The first-order chi connectivity index (χ1) is 16.9. The Morgan fingerprint density at radius 1 is 0.743 bits per heavy atom. The molecule has 0 saturated heterocycles. The van der Waals surface area contributed by atoms with E-state index in [1.54, 1.807) is 0 Å². The van der Waals surface area contributed by atoms with Crippen LogP contribution in [0.1, 0.15) is 5.56 Å². The van der Waals surface area contributed by atoms with Gasteiger partial charge in [-0.2, -0.15) is 0 Å². The fraction of sp³-hybridized carbons (Fsp3) is 0.0769. The first-order valence-electron chi connectivity index (χ1n) is 10.6. The average molecular weight is 497 g/mol. The Labute approximate surface area is 198 Å². The minimum atomic E-state index is -2.20. The lowest BCUT2D eigenvalue weighted by atomic mass is 10.0. The fourth-order valence-corrected chi connectivity index (χ4v) is 5.87. The normalized spacial score (nSPS) is 12.3. The molecule has 0 saturated carbocycles. The number of fused-ring (bicyclic) bond motifs is 1. The van der Waals surface area contributed by atoms with Gasteiger partial charge in [0.1, 0.15) is 0 Å². The van der Waals surface area contributed by atoms with Crippen molar-refractivity contribution < 1.29 is 22.0 Å². The first-order valence-corrected chi connectivity index (χ1v) is 12.4. The van der Waals surface area contributed by atoms with Gasteiger partial charge in [-0.15, -0.1) is 5.10 Å². The van der Waals surface area contributed by atoms with Gasteiger partial charge in [0, 0.05) is 5.56 Å². The number of rotatable bonds is 5. The van der Waals surface area contributed by atoms with Gasteiger partial charge in [-0.3, -0.25) is 0 Å². The molecule has 1 unspecified atom stereocenters. The van der Waals surface area contributed by atoms with Crippen LogP contribution in [0.5, 0.6) is 0 Å². The summed E-state index contributed by atoms with van der Waals surface area (Å²) in [5.41, 5.74) is 0.178. The smallest absolute Gasteiger partial charge is 0.200 e. The maximum atomic E-state index is 14.4. The summed E-state index contributed by atoms with van der Waals surface area (Å²) in [4.78, 5) is 0. The van der Waals surface area contributed by atoms with Gasteiger partial charge in [0.15, 0.2) is 23.3 Å². The highest BCUT2D eigenvalue weighted by atomic mass is 31.1.